The molecule has 0 saturated carbocycles. The van der Waals surface area contributed by atoms with Crippen LogP contribution in [-0.4, -0.2) is 5.78 Å². The van der Waals surface area contributed by atoms with E-state index in [1.54, 1.807) is 6.92 Å². The van der Waals surface area contributed by atoms with Gasteiger partial charge in [-0.3, -0.25) is 0 Å². The molecule has 0 aliphatic rings. The molecule has 0 atom stereocenters. The number of Topliss-reactive ketones (excluding diaryl/α,β-unsaturated/α-hetero) is 1. The third kappa shape index (κ3) is 11.3. The van der Waals surface area contributed by atoms with Crippen LogP contribution in [0.4, 0.5) is 0 Å². The summed E-state index contributed by atoms with van der Waals surface area (Å²) in [5.74, 6) is 0.970. The molecule has 0 aliphatic carbocycles. The molecule has 0 unspecified atom stereocenters. The molecule has 0 N–H and O–H groups in total. The lowest BCUT2D eigenvalue weighted by Crippen LogP contribution is -1.93. The molecular formula is C8H18O. The second kappa shape index (κ2) is 5.80. The number of ketones is 1. The topological polar surface area (TPSA) is 17.1 Å². The SMILES string of the molecule is C.CC(=O)CCC(C)C. The van der Waals surface area contributed by atoms with Crippen molar-refractivity contribution in [2.45, 2.75) is 41.0 Å². The average Bonchev–Trinajstić information content (AvgIpc) is 1.61. The van der Waals surface area contributed by atoms with Crippen LogP contribution in [0, 0.1) is 5.92 Å². The normalized spacial score (nSPS) is 8.89. The summed E-state index contributed by atoms with van der Waals surface area (Å²) in [5, 5.41) is 0. The van der Waals surface area contributed by atoms with Crippen molar-refractivity contribution in [3.05, 3.63) is 0 Å². The number of hydrogen-bond donors (Lipinski definition) is 0. The fourth-order valence-corrected chi connectivity index (χ4v) is 0.492. The van der Waals surface area contributed by atoms with Crippen molar-refractivity contribution in [1.29, 1.82) is 0 Å². The smallest absolute Gasteiger partial charge is 0.129 e. The molecule has 0 aromatic heterocycles. The summed E-state index contributed by atoms with van der Waals surface area (Å²) in [6, 6.07) is 0. The Labute approximate surface area is 58.5 Å². The van der Waals surface area contributed by atoms with E-state index in [0.29, 0.717) is 11.7 Å². The highest BCUT2D eigenvalue weighted by atomic mass is 16.1. The zero-order chi connectivity index (χ0) is 6.57. The summed E-state index contributed by atoms with van der Waals surface area (Å²) in [4.78, 5) is 10.3. The van der Waals surface area contributed by atoms with E-state index in [4.69, 9.17) is 0 Å². The minimum atomic E-state index is 0. The van der Waals surface area contributed by atoms with Crippen molar-refractivity contribution < 1.29 is 4.79 Å². The summed E-state index contributed by atoms with van der Waals surface area (Å²) in [6.07, 6.45) is 1.78. The highest BCUT2D eigenvalue weighted by molar-refractivity contribution is 5.75. The second-order valence-electron chi connectivity index (χ2n) is 2.63. The van der Waals surface area contributed by atoms with Gasteiger partial charge in [-0.2, -0.15) is 0 Å². The van der Waals surface area contributed by atoms with E-state index in [1.807, 2.05) is 0 Å². The van der Waals surface area contributed by atoms with Gasteiger partial charge in [0.2, 0.25) is 0 Å². The van der Waals surface area contributed by atoms with Gasteiger partial charge in [-0.15, -0.1) is 0 Å². The molecule has 0 radical (unpaired) electrons. The summed E-state index contributed by atoms with van der Waals surface area (Å²) in [6.45, 7) is 5.90. The standard InChI is InChI=1S/C7H14O.CH4/c1-6(2)4-5-7(3)8;/h6H,4-5H2,1-3H3;1H4. The highest BCUT2D eigenvalue weighted by Gasteiger charge is 1.95. The van der Waals surface area contributed by atoms with Crippen LogP contribution in [0.2, 0.25) is 0 Å². The Morgan fingerprint density at radius 3 is 2.00 bits per heavy atom. The van der Waals surface area contributed by atoms with Gasteiger partial charge in [0.15, 0.2) is 0 Å². The maximum Gasteiger partial charge on any atom is 0.129 e. The number of carbonyl (C=O) groups excluding carboxylic acids is 1. The summed E-state index contributed by atoms with van der Waals surface area (Å²) in [7, 11) is 0. The molecule has 9 heavy (non-hydrogen) atoms. The molecule has 0 bridgehead atoms. The molecule has 0 aromatic rings. The fourth-order valence-electron chi connectivity index (χ4n) is 0.492. The van der Waals surface area contributed by atoms with Crippen LogP contribution in [0.3, 0.4) is 0 Å². The second-order valence-corrected chi connectivity index (χ2v) is 2.63. The Bertz CT molecular complexity index is 74.6. The molecule has 0 spiro atoms. The summed E-state index contributed by atoms with van der Waals surface area (Å²) >= 11 is 0. The Morgan fingerprint density at radius 1 is 1.44 bits per heavy atom. The van der Waals surface area contributed by atoms with Gasteiger partial charge < -0.3 is 4.79 Å². The predicted molar refractivity (Wildman–Crippen MR) is 41.5 cm³/mol. The fraction of sp³-hybridized carbons (Fsp3) is 0.875. The van der Waals surface area contributed by atoms with Gasteiger partial charge in [-0.1, -0.05) is 21.3 Å². The zero-order valence-electron chi connectivity index (χ0n) is 5.90. The van der Waals surface area contributed by atoms with Gasteiger partial charge in [-0.25, -0.2) is 0 Å². The van der Waals surface area contributed by atoms with E-state index in [2.05, 4.69) is 13.8 Å². The molecule has 0 aromatic carbocycles. The van der Waals surface area contributed by atoms with E-state index in [-0.39, 0.29) is 7.43 Å². The first-order chi connectivity index (χ1) is 3.63. The molecule has 1 nitrogen and oxygen atoms in total. The van der Waals surface area contributed by atoms with E-state index in [0.717, 1.165) is 12.8 Å². The van der Waals surface area contributed by atoms with Gasteiger partial charge in [0.1, 0.15) is 5.78 Å². The van der Waals surface area contributed by atoms with Crippen LogP contribution in [0.1, 0.15) is 41.0 Å². The first-order valence-corrected chi connectivity index (χ1v) is 3.12. The highest BCUT2D eigenvalue weighted by Crippen LogP contribution is 2.02. The van der Waals surface area contributed by atoms with Crippen LogP contribution in [0.15, 0.2) is 0 Å². The van der Waals surface area contributed by atoms with Gasteiger partial charge in [0.25, 0.3) is 0 Å². The Balaban J connectivity index is 0. The molecule has 56 valence electrons. The van der Waals surface area contributed by atoms with Crippen molar-refractivity contribution in [3.63, 3.8) is 0 Å². The maximum absolute atomic E-state index is 10.3. The molecule has 0 rings (SSSR count). The van der Waals surface area contributed by atoms with E-state index >= 15 is 0 Å². The molecule has 1 heteroatoms. The zero-order valence-corrected chi connectivity index (χ0v) is 5.90. The van der Waals surface area contributed by atoms with Gasteiger partial charge in [0.05, 0.1) is 0 Å². The van der Waals surface area contributed by atoms with Crippen LogP contribution < -0.4 is 0 Å². The first-order valence-electron chi connectivity index (χ1n) is 3.12. The Kier molecular flexibility index (Phi) is 7.39. The van der Waals surface area contributed by atoms with E-state index in [1.165, 1.54) is 0 Å². The first kappa shape index (κ1) is 11.5. The molecule has 0 saturated heterocycles. The molecule has 0 amide bonds. The van der Waals surface area contributed by atoms with Crippen molar-refractivity contribution in [2.75, 3.05) is 0 Å². The average molecular weight is 130 g/mol. The van der Waals surface area contributed by atoms with Crippen LogP contribution in [-0.2, 0) is 4.79 Å². The van der Waals surface area contributed by atoms with Gasteiger partial charge in [-0.05, 0) is 19.3 Å². The third-order valence-electron chi connectivity index (χ3n) is 1.07. The van der Waals surface area contributed by atoms with Crippen molar-refractivity contribution in [2.24, 2.45) is 5.92 Å². The largest absolute Gasteiger partial charge is 0.300 e. The minimum Gasteiger partial charge on any atom is -0.300 e. The third-order valence-corrected chi connectivity index (χ3v) is 1.07. The quantitative estimate of drug-likeness (QED) is 0.574. The summed E-state index contributed by atoms with van der Waals surface area (Å²) < 4.78 is 0. The monoisotopic (exact) mass is 130 g/mol. The Hall–Kier alpha value is -0.330. The Morgan fingerprint density at radius 2 is 1.89 bits per heavy atom. The van der Waals surface area contributed by atoms with Crippen molar-refractivity contribution >= 4 is 5.78 Å². The molecule has 0 fully saturated rings. The van der Waals surface area contributed by atoms with Crippen molar-refractivity contribution in [1.82, 2.24) is 0 Å². The van der Waals surface area contributed by atoms with Crippen molar-refractivity contribution in [3.8, 4) is 0 Å². The van der Waals surface area contributed by atoms with Crippen LogP contribution in [0.5, 0.6) is 0 Å². The molecule has 0 heterocycles. The maximum atomic E-state index is 10.3. The van der Waals surface area contributed by atoms with Crippen LogP contribution in [0.25, 0.3) is 0 Å². The van der Waals surface area contributed by atoms with Crippen LogP contribution >= 0.6 is 0 Å². The molecule has 0 aliphatic heterocycles. The summed E-state index contributed by atoms with van der Waals surface area (Å²) in [5.41, 5.74) is 0. The minimum absolute atomic E-state index is 0. The number of hydrogen-bond acceptors (Lipinski definition) is 1. The molecular weight excluding hydrogens is 112 g/mol. The predicted octanol–water partition coefficient (Wildman–Crippen LogP) is 2.65. The number of rotatable bonds is 3. The van der Waals surface area contributed by atoms with E-state index < -0.39 is 0 Å². The lowest BCUT2D eigenvalue weighted by Gasteiger charge is -1.98. The number of carbonyl (C=O) groups is 1. The lowest BCUT2D eigenvalue weighted by atomic mass is 10.1. The lowest BCUT2D eigenvalue weighted by molar-refractivity contribution is -0.117. The van der Waals surface area contributed by atoms with Gasteiger partial charge in [0, 0.05) is 6.42 Å². The van der Waals surface area contributed by atoms with Gasteiger partial charge >= 0.3 is 0 Å². The van der Waals surface area contributed by atoms with E-state index in [9.17, 15) is 4.79 Å².